The molecule has 0 radical (unpaired) electrons. The number of likely N-dealkylation sites (tertiary alicyclic amines) is 1. The molecular weight excluding hydrogens is 400 g/mol. The molecule has 5 rings (SSSR count). The molecule has 0 bridgehead atoms. The maximum absolute atomic E-state index is 6.39. The van der Waals surface area contributed by atoms with Crippen LogP contribution in [0.1, 0.15) is 19.3 Å². The number of hydrogen-bond acceptors (Lipinski definition) is 6. The molecule has 1 saturated heterocycles. The van der Waals surface area contributed by atoms with Crippen LogP contribution in [0.2, 0.25) is 5.15 Å². The standard InChI is InChI=1S/C21H23ClN8/c22-20-19(30-11-5-2-6-18(30)27-20)17-7-8-23-21(26-17)25-16-14-24-29(15-16)13-12-28-9-3-1-4-10-28/h2,5-8,11,14-15H,1,3-4,9-10,12-13H2,(H,23,25,26). The fourth-order valence-corrected chi connectivity index (χ4v) is 4.13. The molecule has 1 aliphatic heterocycles. The molecule has 0 amide bonds. The van der Waals surface area contributed by atoms with E-state index in [1.54, 1.807) is 12.4 Å². The van der Waals surface area contributed by atoms with E-state index in [1.165, 1.54) is 32.4 Å². The number of piperidine rings is 1. The summed E-state index contributed by atoms with van der Waals surface area (Å²) in [5, 5.41) is 8.11. The molecule has 0 unspecified atom stereocenters. The molecule has 154 valence electrons. The Morgan fingerprint density at radius 1 is 1.03 bits per heavy atom. The fraction of sp³-hybridized carbons (Fsp3) is 0.333. The van der Waals surface area contributed by atoms with Crippen LogP contribution in [0.15, 0.2) is 49.1 Å². The predicted molar refractivity (Wildman–Crippen MR) is 117 cm³/mol. The topological polar surface area (TPSA) is 76.2 Å². The maximum atomic E-state index is 6.39. The predicted octanol–water partition coefficient (Wildman–Crippen LogP) is 3.87. The minimum Gasteiger partial charge on any atom is -0.321 e. The van der Waals surface area contributed by atoms with Gasteiger partial charge in [0.15, 0.2) is 5.15 Å². The van der Waals surface area contributed by atoms with Gasteiger partial charge in [-0.05, 0) is 44.1 Å². The van der Waals surface area contributed by atoms with Crippen molar-refractivity contribution in [1.29, 1.82) is 0 Å². The monoisotopic (exact) mass is 422 g/mol. The van der Waals surface area contributed by atoms with Gasteiger partial charge in [-0.3, -0.25) is 9.08 Å². The zero-order valence-corrected chi connectivity index (χ0v) is 17.3. The van der Waals surface area contributed by atoms with E-state index in [2.05, 4.69) is 30.3 Å². The van der Waals surface area contributed by atoms with Crippen LogP contribution in [-0.2, 0) is 6.54 Å². The van der Waals surface area contributed by atoms with Crippen molar-refractivity contribution >= 4 is 28.9 Å². The average Bonchev–Trinajstić information content (AvgIpc) is 3.36. The van der Waals surface area contributed by atoms with Gasteiger partial charge in [-0.2, -0.15) is 5.10 Å². The normalized spacial score (nSPS) is 15.0. The fourth-order valence-electron chi connectivity index (χ4n) is 3.85. The highest BCUT2D eigenvalue weighted by Gasteiger charge is 2.15. The van der Waals surface area contributed by atoms with Crippen LogP contribution in [0, 0.1) is 0 Å². The number of anilines is 2. The highest BCUT2D eigenvalue weighted by Crippen LogP contribution is 2.28. The average molecular weight is 423 g/mol. The third-order valence-corrected chi connectivity index (χ3v) is 5.63. The Morgan fingerprint density at radius 2 is 1.93 bits per heavy atom. The van der Waals surface area contributed by atoms with Crippen LogP contribution in [0.3, 0.4) is 0 Å². The Labute approximate surface area is 179 Å². The van der Waals surface area contributed by atoms with Crippen LogP contribution >= 0.6 is 11.6 Å². The van der Waals surface area contributed by atoms with E-state index >= 15 is 0 Å². The number of hydrogen-bond donors (Lipinski definition) is 1. The van der Waals surface area contributed by atoms with Crippen LogP contribution in [0.5, 0.6) is 0 Å². The number of imidazole rings is 1. The van der Waals surface area contributed by atoms with Crippen molar-refractivity contribution in [3.8, 4) is 11.4 Å². The molecule has 4 aromatic rings. The highest BCUT2D eigenvalue weighted by molar-refractivity contribution is 6.32. The third-order valence-electron chi connectivity index (χ3n) is 5.37. The first kappa shape index (κ1) is 19.0. The Balaban J connectivity index is 1.30. The Morgan fingerprint density at radius 3 is 2.83 bits per heavy atom. The summed E-state index contributed by atoms with van der Waals surface area (Å²) in [6, 6.07) is 7.61. The smallest absolute Gasteiger partial charge is 0.227 e. The lowest BCUT2D eigenvalue weighted by Gasteiger charge is -2.26. The van der Waals surface area contributed by atoms with Crippen molar-refractivity contribution in [2.24, 2.45) is 0 Å². The zero-order chi connectivity index (χ0) is 20.3. The van der Waals surface area contributed by atoms with Gasteiger partial charge in [-0.1, -0.05) is 24.1 Å². The molecule has 0 atom stereocenters. The summed E-state index contributed by atoms with van der Waals surface area (Å²) in [6.45, 7) is 4.29. The highest BCUT2D eigenvalue weighted by atomic mass is 35.5. The van der Waals surface area contributed by atoms with Gasteiger partial charge < -0.3 is 10.2 Å². The number of nitrogens with one attached hydrogen (secondary N) is 1. The molecular formula is C21H23ClN8. The second kappa shape index (κ2) is 8.41. The van der Waals surface area contributed by atoms with Gasteiger partial charge in [0.1, 0.15) is 11.3 Å². The molecule has 1 fully saturated rings. The zero-order valence-electron chi connectivity index (χ0n) is 16.6. The van der Waals surface area contributed by atoms with Crippen molar-refractivity contribution in [3.05, 3.63) is 54.2 Å². The van der Waals surface area contributed by atoms with Crippen LogP contribution in [0.4, 0.5) is 11.6 Å². The molecule has 0 saturated carbocycles. The first-order chi connectivity index (χ1) is 14.8. The summed E-state index contributed by atoms with van der Waals surface area (Å²) in [5.74, 6) is 0.491. The lowest BCUT2D eigenvalue weighted by molar-refractivity contribution is 0.218. The number of fused-ring (bicyclic) bond motifs is 1. The second-order valence-electron chi connectivity index (χ2n) is 7.46. The van der Waals surface area contributed by atoms with E-state index in [-0.39, 0.29) is 0 Å². The Bertz CT molecular complexity index is 1140. The molecule has 9 heteroatoms. The minimum absolute atomic E-state index is 0.413. The van der Waals surface area contributed by atoms with E-state index in [4.69, 9.17) is 11.6 Å². The second-order valence-corrected chi connectivity index (χ2v) is 7.82. The minimum atomic E-state index is 0.413. The summed E-state index contributed by atoms with van der Waals surface area (Å²) < 4.78 is 3.88. The molecule has 0 spiro atoms. The maximum Gasteiger partial charge on any atom is 0.227 e. The van der Waals surface area contributed by atoms with E-state index in [9.17, 15) is 0 Å². The van der Waals surface area contributed by atoms with Crippen LogP contribution in [-0.4, -0.2) is 53.7 Å². The van der Waals surface area contributed by atoms with Gasteiger partial charge >= 0.3 is 0 Å². The largest absolute Gasteiger partial charge is 0.321 e. The molecule has 0 aromatic carbocycles. The van der Waals surface area contributed by atoms with E-state index in [1.807, 2.05) is 45.7 Å². The third kappa shape index (κ3) is 4.01. The quantitative estimate of drug-likeness (QED) is 0.508. The van der Waals surface area contributed by atoms with Crippen molar-refractivity contribution in [3.63, 3.8) is 0 Å². The number of nitrogens with zero attached hydrogens (tertiary/aromatic N) is 7. The molecule has 4 aromatic heterocycles. The van der Waals surface area contributed by atoms with E-state index < -0.39 is 0 Å². The first-order valence-corrected chi connectivity index (χ1v) is 10.6. The molecule has 5 heterocycles. The van der Waals surface area contributed by atoms with Gasteiger partial charge in [0.25, 0.3) is 0 Å². The Hall–Kier alpha value is -2.97. The lowest BCUT2D eigenvalue weighted by atomic mass is 10.1. The van der Waals surface area contributed by atoms with Crippen molar-refractivity contribution < 1.29 is 0 Å². The summed E-state index contributed by atoms with van der Waals surface area (Å²) in [7, 11) is 0. The van der Waals surface area contributed by atoms with Crippen molar-refractivity contribution in [2.45, 2.75) is 25.8 Å². The molecule has 8 nitrogen and oxygen atoms in total. The summed E-state index contributed by atoms with van der Waals surface area (Å²) >= 11 is 6.39. The molecule has 30 heavy (non-hydrogen) atoms. The number of halogens is 1. The van der Waals surface area contributed by atoms with Gasteiger partial charge in [0, 0.05) is 25.1 Å². The van der Waals surface area contributed by atoms with Crippen molar-refractivity contribution in [2.75, 3.05) is 25.0 Å². The molecule has 0 aliphatic carbocycles. The summed E-state index contributed by atoms with van der Waals surface area (Å²) in [5.41, 5.74) is 3.08. The van der Waals surface area contributed by atoms with Gasteiger partial charge in [0.2, 0.25) is 5.95 Å². The molecule has 1 aliphatic rings. The van der Waals surface area contributed by atoms with Gasteiger partial charge in [-0.25, -0.2) is 15.0 Å². The van der Waals surface area contributed by atoms with Crippen LogP contribution in [0.25, 0.3) is 17.0 Å². The number of rotatable bonds is 6. The van der Waals surface area contributed by atoms with Gasteiger partial charge in [0.05, 0.1) is 24.1 Å². The SMILES string of the molecule is Clc1nc2ccccn2c1-c1ccnc(Nc2cnn(CCN3CCCCC3)c2)n1. The number of aromatic nitrogens is 6. The first-order valence-electron chi connectivity index (χ1n) is 10.2. The molecule has 1 N–H and O–H groups in total. The van der Waals surface area contributed by atoms with E-state index in [0.29, 0.717) is 16.8 Å². The Kier molecular flexibility index (Phi) is 5.33. The summed E-state index contributed by atoms with van der Waals surface area (Å²) in [6.07, 6.45) is 11.4. The van der Waals surface area contributed by atoms with Gasteiger partial charge in [-0.15, -0.1) is 0 Å². The van der Waals surface area contributed by atoms with Crippen molar-refractivity contribution in [1.82, 2.24) is 34.0 Å². The number of pyridine rings is 1. The lowest BCUT2D eigenvalue weighted by Crippen LogP contribution is -2.32. The summed E-state index contributed by atoms with van der Waals surface area (Å²) in [4.78, 5) is 15.9. The van der Waals surface area contributed by atoms with Crippen LogP contribution < -0.4 is 5.32 Å². The van der Waals surface area contributed by atoms with E-state index in [0.717, 1.165) is 30.1 Å².